The van der Waals surface area contributed by atoms with Gasteiger partial charge in [0.15, 0.2) is 0 Å². The van der Waals surface area contributed by atoms with Gasteiger partial charge in [0.1, 0.15) is 11.4 Å². The van der Waals surface area contributed by atoms with Crippen LogP contribution in [0.4, 0.5) is 14.5 Å². The Hall–Kier alpha value is -3.23. The predicted octanol–water partition coefficient (Wildman–Crippen LogP) is 3.28. The first kappa shape index (κ1) is 17.6. The van der Waals surface area contributed by atoms with Crippen LogP contribution in [-0.4, -0.2) is 32.5 Å². The third kappa shape index (κ3) is 3.56. The Morgan fingerprint density at radius 1 is 1.27 bits per heavy atom. The van der Waals surface area contributed by atoms with Crippen LogP contribution in [0.3, 0.4) is 0 Å². The Balaban J connectivity index is 1.74. The number of benzene rings is 1. The van der Waals surface area contributed by atoms with Crippen molar-refractivity contribution in [1.82, 2.24) is 20.0 Å². The molecule has 0 aliphatic carbocycles. The molecule has 1 aromatic carbocycles. The van der Waals surface area contributed by atoms with Gasteiger partial charge in [0.2, 0.25) is 0 Å². The molecule has 1 amide bonds. The molecule has 0 bridgehead atoms. The van der Waals surface area contributed by atoms with E-state index in [9.17, 15) is 13.6 Å². The van der Waals surface area contributed by atoms with Crippen LogP contribution in [0.1, 0.15) is 21.9 Å². The van der Waals surface area contributed by atoms with Crippen LogP contribution >= 0.6 is 0 Å². The molecule has 26 heavy (non-hydrogen) atoms. The van der Waals surface area contributed by atoms with E-state index >= 15 is 0 Å². The quantitative estimate of drug-likeness (QED) is 0.730. The maximum Gasteiger partial charge on any atom is 0.387 e. The first-order chi connectivity index (χ1) is 12.3. The number of alkyl halides is 2. The highest BCUT2D eigenvalue weighted by Crippen LogP contribution is 2.25. The number of nitrogens with zero attached hydrogens (tertiary/aromatic N) is 3. The molecule has 0 saturated heterocycles. The Labute approximate surface area is 148 Å². The molecule has 2 aromatic heterocycles. The second-order valence-electron chi connectivity index (χ2n) is 5.69. The summed E-state index contributed by atoms with van der Waals surface area (Å²) in [7, 11) is 1.84. The molecule has 2 N–H and O–H groups in total. The molecule has 136 valence electrons. The summed E-state index contributed by atoms with van der Waals surface area (Å²) in [5.41, 5.74) is 3.97. The van der Waals surface area contributed by atoms with Crippen molar-refractivity contribution in [2.75, 3.05) is 5.32 Å². The molecule has 0 aliphatic rings. The zero-order valence-corrected chi connectivity index (χ0v) is 14.4. The van der Waals surface area contributed by atoms with Crippen LogP contribution in [-0.2, 0) is 7.05 Å². The first-order valence-corrected chi connectivity index (χ1v) is 7.77. The fourth-order valence-electron chi connectivity index (χ4n) is 2.63. The van der Waals surface area contributed by atoms with Crippen molar-refractivity contribution in [2.24, 2.45) is 7.05 Å². The number of aryl methyl sites for hydroxylation is 2. The summed E-state index contributed by atoms with van der Waals surface area (Å²) in [4.78, 5) is 12.3. The zero-order chi connectivity index (χ0) is 18.8. The fraction of sp³-hybridized carbons (Fsp3) is 0.235. The van der Waals surface area contributed by atoms with Crippen molar-refractivity contribution < 1.29 is 18.3 Å². The standard InChI is InChI=1S/C17H17F2N5O2/c1-9-15(10(2)24(3)23-9)13-8-14(22-21-13)16(25)20-11-4-6-12(7-5-11)26-17(18)19/h4-8,17H,1-3H3,(H,20,25)(H,21,22). The van der Waals surface area contributed by atoms with Crippen molar-refractivity contribution in [3.8, 4) is 17.0 Å². The Morgan fingerprint density at radius 3 is 2.54 bits per heavy atom. The lowest BCUT2D eigenvalue weighted by Crippen LogP contribution is -2.12. The molecular weight excluding hydrogens is 344 g/mol. The van der Waals surface area contributed by atoms with E-state index in [-0.39, 0.29) is 11.4 Å². The van der Waals surface area contributed by atoms with Crippen LogP contribution < -0.4 is 10.1 Å². The molecule has 0 atom stereocenters. The molecule has 0 unspecified atom stereocenters. The molecule has 3 aromatic rings. The van der Waals surface area contributed by atoms with E-state index in [0.717, 1.165) is 17.0 Å². The summed E-state index contributed by atoms with van der Waals surface area (Å²) in [5, 5.41) is 13.9. The number of carbonyl (C=O) groups is 1. The molecule has 7 nitrogen and oxygen atoms in total. The average Bonchev–Trinajstić information content (AvgIpc) is 3.14. The lowest BCUT2D eigenvalue weighted by molar-refractivity contribution is -0.0498. The predicted molar refractivity (Wildman–Crippen MR) is 91.3 cm³/mol. The molecule has 0 aliphatic heterocycles. The Bertz CT molecular complexity index is 931. The van der Waals surface area contributed by atoms with E-state index in [1.54, 1.807) is 10.7 Å². The molecule has 0 fully saturated rings. The van der Waals surface area contributed by atoms with Gasteiger partial charge >= 0.3 is 6.61 Å². The van der Waals surface area contributed by atoms with Crippen molar-refractivity contribution in [2.45, 2.75) is 20.5 Å². The highest BCUT2D eigenvalue weighted by molar-refractivity contribution is 6.03. The van der Waals surface area contributed by atoms with Gasteiger partial charge in [-0.2, -0.15) is 19.0 Å². The first-order valence-electron chi connectivity index (χ1n) is 7.77. The third-order valence-corrected chi connectivity index (χ3v) is 3.92. The summed E-state index contributed by atoms with van der Waals surface area (Å²) in [6.45, 7) is 0.908. The van der Waals surface area contributed by atoms with Gasteiger partial charge in [0.25, 0.3) is 5.91 Å². The highest BCUT2D eigenvalue weighted by atomic mass is 19.3. The van der Waals surface area contributed by atoms with Gasteiger partial charge in [-0.3, -0.25) is 14.6 Å². The van der Waals surface area contributed by atoms with Gasteiger partial charge < -0.3 is 10.1 Å². The number of halogens is 2. The van der Waals surface area contributed by atoms with Gasteiger partial charge in [-0.25, -0.2) is 0 Å². The topological polar surface area (TPSA) is 84.8 Å². The highest BCUT2D eigenvalue weighted by Gasteiger charge is 2.17. The fourth-order valence-corrected chi connectivity index (χ4v) is 2.63. The number of aromatic amines is 1. The maximum absolute atomic E-state index is 12.3. The van der Waals surface area contributed by atoms with Crippen molar-refractivity contribution in [3.05, 3.63) is 47.4 Å². The number of H-pyrrole nitrogens is 1. The van der Waals surface area contributed by atoms with Gasteiger partial charge in [-0.15, -0.1) is 0 Å². The number of carbonyl (C=O) groups excluding carboxylic acids is 1. The monoisotopic (exact) mass is 361 g/mol. The Morgan fingerprint density at radius 2 is 1.96 bits per heavy atom. The van der Waals surface area contributed by atoms with Gasteiger partial charge in [0.05, 0.1) is 11.4 Å². The van der Waals surface area contributed by atoms with E-state index in [4.69, 9.17) is 0 Å². The number of hydrogen-bond acceptors (Lipinski definition) is 4. The average molecular weight is 361 g/mol. The molecule has 0 spiro atoms. The molecule has 3 rings (SSSR count). The summed E-state index contributed by atoms with van der Waals surface area (Å²) in [6.07, 6.45) is 0. The summed E-state index contributed by atoms with van der Waals surface area (Å²) < 4.78 is 30.3. The molecular formula is C17H17F2N5O2. The number of amides is 1. The lowest BCUT2D eigenvalue weighted by atomic mass is 10.1. The van der Waals surface area contributed by atoms with Crippen LogP contribution in [0.5, 0.6) is 5.75 Å². The summed E-state index contributed by atoms with van der Waals surface area (Å²) in [5.74, 6) is -0.380. The lowest BCUT2D eigenvalue weighted by Gasteiger charge is -2.06. The summed E-state index contributed by atoms with van der Waals surface area (Å²) >= 11 is 0. The van der Waals surface area contributed by atoms with Crippen LogP contribution in [0.15, 0.2) is 30.3 Å². The third-order valence-electron chi connectivity index (χ3n) is 3.92. The molecule has 0 saturated carbocycles. The van der Waals surface area contributed by atoms with Crippen molar-refractivity contribution in [3.63, 3.8) is 0 Å². The minimum absolute atomic E-state index is 0.0179. The molecule has 0 radical (unpaired) electrons. The van der Waals surface area contributed by atoms with Crippen LogP contribution in [0.25, 0.3) is 11.3 Å². The van der Waals surface area contributed by atoms with Crippen molar-refractivity contribution in [1.29, 1.82) is 0 Å². The number of ether oxygens (including phenoxy) is 1. The van der Waals surface area contributed by atoms with E-state index in [1.165, 1.54) is 24.3 Å². The van der Waals surface area contributed by atoms with Crippen LogP contribution in [0, 0.1) is 13.8 Å². The van der Waals surface area contributed by atoms with Gasteiger partial charge in [-0.05, 0) is 44.2 Å². The van der Waals surface area contributed by atoms with E-state index in [1.807, 2.05) is 20.9 Å². The van der Waals surface area contributed by atoms with Gasteiger partial charge in [-0.1, -0.05) is 0 Å². The largest absolute Gasteiger partial charge is 0.435 e. The zero-order valence-electron chi connectivity index (χ0n) is 14.4. The summed E-state index contributed by atoms with van der Waals surface area (Å²) in [6, 6.07) is 7.29. The minimum atomic E-state index is -2.89. The smallest absolute Gasteiger partial charge is 0.387 e. The second kappa shape index (κ2) is 6.95. The van der Waals surface area contributed by atoms with E-state index in [0.29, 0.717) is 11.4 Å². The second-order valence-corrected chi connectivity index (χ2v) is 5.69. The molecule has 2 heterocycles. The maximum atomic E-state index is 12.3. The SMILES string of the molecule is Cc1nn(C)c(C)c1-c1cc(C(=O)Nc2ccc(OC(F)F)cc2)[nH]n1. The number of hydrogen-bond donors (Lipinski definition) is 2. The molecule has 9 heteroatoms. The minimum Gasteiger partial charge on any atom is -0.435 e. The number of anilines is 1. The number of rotatable bonds is 5. The number of aromatic nitrogens is 4. The van der Waals surface area contributed by atoms with E-state index in [2.05, 4.69) is 25.3 Å². The van der Waals surface area contributed by atoms with Crippen LogP contribution in [0.2, 0.25) is 0 Å². The van der Waals surface area contributed by atoms with E-state index < -0.39 is 12.5 Å². The van der Waals surface area contributed by atoms with Gasteiger partial charge in [0, 0.05) is 24.0 Å². The number of nitrogens with one attached hydrogen (secondary N) is 2. The normalized spacial score (nSPS) is 11.0. The van der Waals surface area contributed by atoms with Crippen molar-refractivity contribution >= 4 is 11.6 Å². The Kier molecular flexibility index (Phi) is 4.70.